The van der Waals surface area contributed by atoms with Crippen LogP contribution < -0.4 is 0 Å². The molecule has 0 unspecified atom stereocenters. The summed E-state index contributed by atoms with van der Waals surface area (Å²) in [7, 11) is 0. The van der Waals surface area contributed by atoms with Crippen molar-refractivity contribution in [3.63, 3.8) is 0 Å². The number of aromatic nitrogens is 2. The summed E-state index contributed by atoms with van der Waals surface area (Å²) in [6.07, 6.45) is 1.63. The second-order valence-electron chi connectivity index (χ2n) is 3.03. The van der Waals surface area contributed by atoms with Gasteiger partial charge >= 0.3 is 0 Å². The van der Waals surface area contributed by atoms with Gasteiger partial charge in [0.25, 0.3) is 0 Å². The van der Waals surface area contributed by atoms with Crippen LogP contribution in [0.2, 0.25) is 10.0 Å². The fourth-order valence-corrected chi connectivity index (χ4v) is 1.80. The molecular weight excluding hydrogens is 235 g/mol. The lowest BCUT2D eigenvalue weighted by molar-refractivity contribution is 0.272. The Labute approximate surface area is 96.7 Å². The van der Waals surface area contributed by atoms with E-state index in [1.54, 1.807) is 24.4 Å². The maximum atomic E-state index is 8.86. The van der Waals surface area contributed by atoms with Crippen molar-refractivity contribution in [2.24, 2.45) is 0 Å². The van der Waals surface area contributed by atoms with Gasteiger partial charge in [-0.15, -0.1) is 0 Å². The van der Waals surface area contributed by atoms with Crippen LogP contribution in [0.3, 0.4) is 0 Å². The number of rotatable bonds is 2. The van der Waals surface area contributed by atoms with Gasteiger partial charge in [-0.2, -0.15) is 0 Å². The Morgan fingerprint density at radius 3 is 2.73 bits per heavy atom. The van der Waals surface area contributed by atoms with E-state index in [1.807, 2.05) is 0 Å². The van der Waals surface area contributed by atoms with Crippen molar-refractivity contribution in [3.05, 3.63) is 40.3 Å². The largest absolute Gasteiger partial charge is 0.388 e. The number of benzene rings is 1. The number of aromatic amines is 1. The molecule has 15 heavy (non-hydrogen) atoms. The van der Waals surface area contributed by atoms with E-state index in [4.69, 9.17) is 28.3 Å². The molecule has 2 rings (SSSR count). The summed E-state index contributed by atoms with van der Waals surface area (Å²) in [5.41, 5.74) is 1.58. The zero-order chi connectivity index (χ0) is 10.8. The van der Waals surface area contributed by atoms with Crippen molar-refractivity contribution < 1.29 is 5.11 Å². The molecule has 0 atom stereocenters. The summed E-state index contributed by atoms with van der Waals surface area (Å²) in [6.45, 7) is -0.120. The molecule has 0 saturated heterocycles. The molecule has 0 spiro atoms. The van der Waals surface area contributed by atoms with E-state index in [0.717, 1.165) is 11.3 Å². The van der Waals surface area contributed by atoms with Gasteiger partial charge in [-0.25, -0.2) is 4.98 Å². The summed E-state index contributed by atoms with van der Waals surface area (Å²) < 4.78 is 0. The second-order valence-corrected chi connectivity index (χ2v) is 3.87. The summed E-state index contributed by atoms with van der Waals surface area (Å²) in [6, 6.07) is 5.22. The third kappa shape index (κ3) is 2.15. The van der Waals surface area contributed by atoms with Gasteiger partial charge in [-0.05, 0) is 18.2 Å². The minimum Gasteiger partial charge on any atom is -0.388 e. The van der Waals surface area contributed by atoms with Gasteiger partial charge < -0.3 is 10.1 Å². The summed E-state index contributed by atoms with van der Waals surface area (Å²) >= 11 is 11.8. The molecular formula is C10H8Cl2N2O. The first-order chi connectivity index (χ1) is 7.20. The third-order valence-corrected chi connectivity index (χ3v) is 2.55. The number of nitrogens with zero attached hydrogens (tertiary/aromatic N) is 1. The summed E-state index contributed by atoms with van der Waals surface area (Å²) in [5.74, 6) is 0.510. The zero-order valence-electron chi connectivity index (χ0n) is 7.67. The highest BCUT2D eigenvalue weighted by Crippen LogP contribution is 2.28. The minimum atomic E-state index is -0.120. The Morgan fingerprint density at radius 2 is 2.13 bits per heavy atom. The average Bonchev–Trinajstić information content (AvgIpc) is 2.66. The van der Waals surface area contributed by atoms with Crippen molar-refractivity contribution in [2.45, 2.75) is 6.61 Å². The molecule has 0 aliphatic heterocycles. The lowest BCUT2D eigenvalue weighted by Crippen LogP contribution is -1.85. The molecule has 3 nitrogen and oxygen atoms in total. The number of aliphatic hydroxyl groups is 1. The molecule has 1 aromatic carbocycles. The van der Waals surface area contributed by atoms with Crippen LogP contribution in [-0.2, 0) is 6.61 Å². The predicted octanol–water partition coefficient (Wildman–Crippen LogP) is 2.88. The predicted molar refractivity (Wildman–Crippen MR) is 60.0 cm³/mol. The Hall–Kier alpha value is -1.03. The first kappa shape index (κ1) is 10.5. The molecule has 5 heteroatoms. The van der Waals surface area contributed by atoms with Crippen molar-refractivity contribution in [2.75, 3.05) is 0 Å². The highest BCUT2D eigenvalue weighted by Gasteiger charge is 2.06. The van der Waals surface area contributed by atoms with E-state index < -0.39 is 0 Å². The molecule has 0 fully saturated rings. The minimum absolute atomic E-state index is 0.120. The number of hydrogen-bond donors (Lipinski definition) is 2. The Bertz CT molecular complexity index is 482. The van der Waals surface area contributed by atoms with E-state index in [-0.39, 0.29) is 6.61 Å². The second kappa shape index (κ2) is 4.23. The van der Waals surface area contributed by atoms with Crippen LogP contribution in [0.25, 0.3) is 11.3 Å². The highest BCUT2D eigenvalue weighted by molar-refractivity contribution is 6.36. The van der Waals surface area contributed by atoms with E-state index in [1.165, 1.54) is 0 Å². The van der Waals surface area contributed by atoms with Gasteiger partial charge in [0.15, 0.2) is 0 Å². The van der Waals surface area contributed by atoms with E-state index >= 15 is 0 Å². The van der Waals surface area contributed by atoms with Crippen LogP contribution in [0.15, 0.2) is 24.4 Å². The van der Waals surface area contributed by atoms with Gasteiger partial charge in [0, 0.05) is 10.6 Å². The zero-order valence-corrected chi connectivity index (χ0v) is 9.18. The molecule has 78 valence electrons. The molecule has 0 saturated carbocycles. The first-order valence-corrected chi connectivity index (χ1v) is 5.06. The maximum Gasteiger partial charge on any atom is 0.132 e. The number of H-pyrrole nitrogens is 1. The molecule has 0 aliphatic carbocycles. The quantitative estimate of drug-likeness (QED) is 0.851. The smallest absolute Gasteiger partial charge is 0.132 e. The SMILES string of the molecule is OCc1ncc(-c2ccc(Cl)cc2Cl)[nH]1. The molecule has 2 aromatic rings. The van der Waals surface area contributed by atoms with Gasteiger partial charge in [0.05, 0.1) is 16.9 Å². The van der Waals surface area contributed by atoms with Crippen LogP contribution in [0.1, 0.15) is 5.82 Å². The fourth-order valence-electron chi connectivity index (χ4n) is 1.29. The van der Waals surface area contributed by atoms with Gasteiger partial charge in [-0.3, -0.25) is 0 Å². The van der Waals surface area contributed by atoms with E-state index in [0.29, 0.717) is 15.9 Å². The monoisotopic (exact) mass is 242 g/mol. The number of aliphatic hydroxyl groups excluding tert-OH is 1. The normalized spacial score (nSPS) is 10.6. The number of imidazole rings is 1. The Kier molecular flexibility index (Phi) is 2.95. The molecule has 1 aromatic heterocycles. The topological polar surface area (TPSA) is 48.9 Å². The van der Waals surface area contributed by atoms with Crippen molar-refractivity contribution in [1.82, 2.24) is 9.97 Å². The molecule has 2 N–H and O–H groups in total. The molecule has 0 aliphatic rings. The summed E-state index contributed by atoms with van der Waals surface area (Å²) in [5, 5.41) is 10.0. The van der Waals surface area contributed by atoms with Crippen LogP contribution in [0, 0.1) is 0 Å². The molecule has 0 radical (unpaired) electrons. The Morgan fingerprint density at radius 1 is 1.33 bits per heavy atom. The van der Waals surface area contributed by atoms with Crippen molar-refractivity contribution in [3.8, 4) is 11.3 Å². The van der Waals surface area contributed by atoms with E-state index in [9.17, 15) is 0 Å². The van der Waals surface area contributed by atoms with Crippen molar-refractivity contribution >= 4 is 23.2 Å². The lowest BCUT2D eigenvalue weighted by Gasteiger charge is -2.01. The number of halogens is 2. The van der Waals surface area contributed by atoms with Crippen LogP contribution >= 0.6 is 23.2 Å². The highest BCUT2D eigenvalue weighted by atomic mass is 35.5. The molecule has 1 heterocycles. The summed E-state index contributed by atoms with van der Waals surface area (Å²) in [4.78, 5) is 6.93. The molecule has 0 amide bonds. The maximum absolute atomic E-state index is 8.86. The first-order valence-electron chi connectivity index (χ1n) is 4.31. The average molecular weight is 243 g/mol. The fraction of sp³-hybridized carbons (Fsp3) is 0.100. The van der Waals surface area contributed by atoms with Gasteiger partial charge in [-0.1, -0.05) is 23.2 Å². The standard InChI is InChI=1S/C10H8Cl2N2O/c11-6-1-2-7(8(12)3-6)9-4-13-10(5-15)14-9/h1-4,15H,5H2,(H,13,14). The van der Waals surface area contributed by atoms with Crippen LogP contribution in [0.4, 0.5) is 0 Å². The Balaban J connectivity index is 2.44. The number of nitrogens with one attached hydrogen (secondary N) is 1. The van der Waals surface area contributed by atoms with Crippen LogP contribution in [0.5, 0.6) is 0 Å². The van der Waals surface area contributed by atoms with E-state index in [2.05, 4.69) is 9.97 Å². The van der Waals surface area contributed by atoms with Crippen LogP contribution in [-0.4, -0.2) is 15.1 Å². The lowest BCUT2D eigenvalue weighted by atomic mass is 10.2. The van der Waals surface area contributed by atoms with Crippen molar-refractivity contribution in [1.29, 1.82) is 0 Å². The van der Waals surface area contributed by atoms with Gasteiger partial charge in [0.2, 0.25) is 0 Å². The number of hydrogen-bond acceptors (Lipinski definition) is 2. The van der Waals surface area contributed by atoms with Gasteiger partial charge in [0.1, 0.15) is 12.4 Å². The third-order valence-electron chi connectivity index (χ3n) is 2.00. The molecule has 0 bridgehead atoms.